The molecule has 1 amide bonds. The second-order valence-corrected chi connectivity index (χ2v) is 7.77. The molecule has 0 unspecified atom stereocenters. The van der Waals surface area contributed by atoms with Crippen LogP contribution in [-0.2, 0) is 17.8 Å². The Bertz CT molecular complexity index is 1360. The first-order chi connectivity index (χ1) is 17.9. The third-order valence-corrected chi connectivity index (χ3v) is 5.29. The van der Waals surface area contributed by atoms with E-state index in [4.69, 9.17) is 14.2 Å². The number of non-ortho nitro benzene ring substituents is 1. The van der Waals surface area contributed by atoms with Crippen molar-refractivity contribution in [2.75, 3.05) is 19.5 Å². The fourth-order valence-corrected chi connectivity index (χ4v) is 3.45. The smallest absolute Gasteiger partial charge is 0.269 e. The molecule has 0 heterocycles. The molecule has 0 fully saturated rings. The van der Waals surface area contributed by atoms with Crippen molar-refractivity contribution in [3.63, 3.8) is 0 Å². The Morgan fingerprint density at radius 2 is 1.81 bits per heavy atom. The molecule has 37 heavy (non-hydrogen) atoms. The molecule has 188 valence electrons. The number of ether oxygens (including phenoxy) is 3. The number of nitrogens with zero attached hydrogens (tertiary/aromatic N) is 2. The first-order valence-corrected chi connectivity index (χ1v) is 11.1. The zero-order valence-corrected chi connectivity index (χ0v) is 20.4. The molecule has 9 heteroatoms. The van der Waals surface area contributed by atoms with E-state index in [-0.39, 0.29) is 17.9 Å². The average molecular weight is 500 g/mol. The number of methoxy groups -OCH3 is 2. The molecule has 0 atom stereocenters. The van der Waals surface area contributed by atoms with Gasteiger partial charge in [0.15, 0.2) is 11.5 Å². The molecule has 0 radical (unpaired) electrons. The zero-order valence-electron chi connectivity index (χ0n) is 20.4. The number of rotatable bonds is 11. The molecule has 0 saturated heterocycles. The van der Waals surface area contributed by atoms with E-state index in [1.54, 1.807) is 61.7 Å². The fraction of sp³-hybridized carbons (Fsp3) is 0.143. The van der Waals surface area contributed by atoms with Crippen LogP contribution in [0.2, 0.25) is 0 Å². The van der Waals surface area contributed by atoms with Crippen LogP contribution in [0.3, 0.4) is 0 Å². The molecule has 0 spiro atoms. The maximum atomic E-state index is 12.7. The molecule has 0 aliphatic carbocycles. The van der Waals surface area contributed by atoms with Crippen LogP contribution in [0.1, 0.15) is 16.7 Å². The van der Waals surface area contributed by atoms with Crippen LogP contribution in [-0.4, -0.2) is 25.1 Å². The normalized spacial score (nSPS) is 10.7. The van der Waals surface area contributed by atoms with Gasteiger partial charge in [0.1, 0.15) is 24.0 Å². The van der Waals surface area contributed by atoms with E-state index in [1.807, 2.05) is 6.07 Å². The minimum absolute atomic E-state index is 0.00542. The minimum Gasteiger partial charge on any atom is -0.497 e. The summed E-state index contributed by atoms with van der Waals surface area (Å²) in [6.07, 6.45) is 3.60. The lowest BCUT2D eigenvalue weighted by molar-refractivity contribution is -0.384. The summed E-state index contributed by atoms with van der Waals surface area (Å²) < 4.78 is 16.7. The Morgan fingerprint density at radius 1 is 1.11 bits per heavy atom. The summed E-state index contributed by atoms with van der Waals surface area (Å²) >= 11 is 0. The second kappa shape index (κ2) is 12.6. The standard InChI is InChI=1S/C28H25N3O6/c1-4-5-21-14-20(15-22(17-29)28(32)30-23-8-12-25(35-2)13-9-23)16-26(36-3)27(21)37-18-19-6-10-24(11-7-19)31(33)34/h4,6-16H,1,5,18H2,2-3H3,(H,30,32)/b22-15+. The highest BCUT2D eigenvalue weighted by atomic mass is 16.6. The summed E-state index contributed by atoms with van der Waals surface area (Å²) in [7, 11) is 3.03. The number of nitro groups is 1. The lowest BCUT2D eigenvalue weighted by Gasteiger charge is -2.16. The van der Waals surface area contributed by atoms with E-state index in [0.29, 0.717) is 34.9 Å². The highest BCUT2D eigenvalue weighted by Gasteiger charge is 2.15. The molecule has 0 saturated carbocycles. The minimum atomic E-state index is -0.560. The van der Waals surface area contributed by atoms with Crippen LogP contribution in [0, 0.1) is 21.4 Å². The lowest BCUT2D eigenvalue weighted by Crippen LogP contribution is -2.13. The molecule has 1 N–H and O–H groups in total. The van der Waals surface area contributed by atoms with Gasteiger partial charge in [-0.05, 0) is 72.2 Å². The van der Waals surface area contributed by atoms with Crippen LogP contribution >= 0.6 is 0 Å². The maximum Gasteiger partial charge on any atom is 0.269 e. The molecule has 3 rings (SSSR count). The van der Waals surface area contributed by atoms with Crippen LogP contribution < -0.4 is 19.5 Å². The van der Waals surface area contributed by atoms with Gasteiger partial charge in [-0.25, -0.2) is 0 Å². The average Bonchev–Trinajstić information content (AvgIpc) is 2.91. The number of carbonyl (C=O) groups is 1. The van der Waals surface area contributed by atoms with Crippen molar-refractivity contribution in [1.82, 2.24) is 0 Å². The largest absolute Gasteiger partial charge is 0.497 e. The van der Waals surface area contributed by atoms with Gasteiger partial charge in [0.05, 0.1) is 19.1 Å². The summed E-state index contributed by atoms with van der Waals surface area (Å²) in [5.41, 5.74) is 2.46. The molecule has 3 aromatic rings. The van der Waals surface area contributed by atoms with E-state index in [0.717, 1.165) is 11.1 Å². The van der Waals surface area contributed by atoms with Crippen molar-refractivity contribution in [1.29, 1.82) is 5.26 Å². The van der Waals surface area contributed by atoms with Crippen LogP contribution in [0.5, 0.6) is 17.2 Å². The highest BCUT2D eigenvalue weighted by molar-refractivity contribution is 6.09. The predicted molar refractivity (Wildman–Crippen MR) is 140 cm³/mol. The summed E-state index contributed by atoms with van der Waals surface area (Å²) in [6.45, 7) is 3.94. The molecule has 0 aromatic heterocycles. The van der Waals surface area contributed by atoms with Crippen molar-refractivity contribution in [3.05, 3.63) is 106 Å². The first kappa shape index (κ1) is 26.5. The monoisotopic (exact) mass is 499 g/mol. The van der Waals surface area contributed by atoms with Crippen molar-refractivity contribution < 1.29 is 23.9 Å². The van der Waals surface area contributed by atoms with Gasteiger partial charge in [-0.3, -0.25) is 14.9 Å². The third-order valence-electron chi connectivity index (χ3n) is 5.29. The maximum absolute atomic E-state index is 12.7. The van der Waals surface area contributed by atoms with E-state index in [1.165, 1.54) is 25.3 Å². The zero-order chi connectivity index (χ0) is 26.8. The Kier molecular flexibility index (Phi) is 9.00. The molecule has 0 aliphatic rings. The highest BCUT2D eigenvalue weighted by Crippen LogP contribution is 2.35. The van der Waals surface area contributed by atoms with Gasteiger partial charge < -0.3 is 19.5 Å². The number of carbonyl (C=O) groups excluding carboxylic acids is 1. The Labute approximate surface area is 214 Å². The Balaban J connectivity index is 1.85. The number of hydrogen-bond donors (Lipinski definition) is 1. The van der Waals surface area contributed by atoms with E-state index in [2.05, 4.69) is 11.9 Å². The number of benzene rings is 3. The van der Waals surface area contributed by atoms with Crippen molar-refractivity contribution >= 4 is 23.4 Å². The first-order valence-electron chi connectivity index (χ1n) is 11.1. The van der Waals surface area contributed by atoms with Gasteiger partial charge in [0, 0.05) is 23.4 Å². The third kappa shape index (κ3) is 6.96. The lowest BCUT2D eigenvalue weighted by atomic mass is 10.0. The van der Waals surface area contributed by atoms with E-state index >= 15 is 0 Å². The molecule has 3 aromatic carbocycles. The second-order valence-electron chi connectivity index (χ2n) is 7.77. The van der Waals surface area contributed by atoms with Gasteiger partial charge in [-0.15, -0.1) is 6.58 Å². The number of anilines is 1. The quantitative estimate of drug-likeness (QED) is 0.122. The summed E-state index contributed by atoms with van der Waals surface area (Å²) in [4.78, 5) is 23.1. The molecule has 0 bridgehead atoms. The van der Waals surface area contributed by atoms with Crippen LogP contribution in [0.25, 0.3) is 6.08 Å². The molecular formula is C28H25N3O6. The topological polar surface area (TPSA) is 124 Å². The van der Waals surface area contributed by atoms with Gasteiger partial charge >= 0.3 is 0 Å². The predicted octanol–water partition coefficient (Wildman–Crippen LogP) is 5.47. The summed E-state index contributed by atoms with van der Waals surface area (Å²) in [6, 6.07) is 18.2. The van der Waals surface area contributed by atoms with Crippen LogP contribution in [0.15, 0.2) is 78.9 Å². The number of nitriles is 1. The molecule has 0 aliphatic heterocycles. The van der Waals surface area contributed by atoms with Crippen LogP contribution in [0.4, 0.5) is 11.4 Å². The van der Waals surface area contributed by atoms with Gasteiger partial charge in [-0.1, -0.05) is 6.08 Å². The fourth-order valence-electron chi connectivity index (χ4n) is 3.45. The van der Waals surface area contributed by atoms with Gasteiger partial charge in [0.25, 0.3) is 11.6 Å². The summed E-state index contributed by atoms with van der Waals surface area (Å²) in [5, 5.41) is 23.2. The summed E-state index contributed by atoms with van der Waals surface area (Å²) in [5.74, 6) is 0.960. The van der Waals surface area contributed by atoms with Crippen molar-refractivity contribution in [2.45, 2.75) is 13.0 Å². The number of hydrogen-bond acceptors (Lipinski definition) is 7. The molecule has 9 nitrogen and oxygen atoms in total. The number of nitro benzene ring substituents is 1. The SMILES string of the molecule is C=CCc1cc(/C=C(\C#N)C(=O)Nc2ccc(OC)cc2)cc(OC)c1OCc1ccc([N+](=O)[O-])cc1. The van der Waals surface area contributed by atoms with Crippen molar-refractivity contribution in [2.24, 2.45) is 0 Å². The van der Waals surface area contributed by atoms with Crippen molar-refractivity contribution in [3.8, 4) is 23.3 Å². The Morgan fingerprint density at radius 3 is 2.38 bits per heavy atom. The number of nitrogens with one attached hydrogen (secondary N) is 1. The molecular weight excluding hydrogens is 474 g/mol. The van der Waals surface area contributed by atoms with Gasteiger partial charge in [-0.2, -0.15) is 5.26 Å². The van der Waals surface area contributed by atoms with E-state index < -0.39 is 10.8 Å². The van der Waals surface area contributed by atoms with E-state index in [9.17, 15) is 20.2 Å². The number of allylic oxidation sites excluding steroid dienone is 1. The van der Waals surface area contributed by atoms with Gasteiger partial charge in [0.2, 0.25) is 0 Å². The number of amides is 1. The Hall–Kier alpha value is -5.10.